The van der Waals surface area contributed by atoms with Crippen molar-refractivity contribution in [3.8, 4) is 0 Å². The zero-order chi connectivity index (χ0) is 14.8. The molecule has 2 rings (SSSR count). The fourth-order valence-corrected chi connectivity index (χ4v) is 2.49. The molecule has 2 aromatic rings. The molecule has 0 aliphatic heterocycles. The number of tetrazole rings is 1. The number of hydrogen-bond donors (Lipinski definition) is 0. The van der Waals surface area contributed by atoms with E-state index in [1.807, 2.05) is 20.8 Å². The lowest BCUT2D eigenvalue weighted by molar-refractivity contribution is 0.102. The van der Waals surface area contributed by atoms with Gasteiger partial charge < -0.3 is 0 Å². The van der Waals surface area contributed by atoms with Crippen LogP contribution in [0.1, 0.15) is 31.1 Å². The lowest BCUT2D eigenvalue weighted by Gasteiger charge is -2.19. The second-order valence-electron chi connectivity index (χ2n) is 5.26. The Morgan fingerprint density at radius 2 is 1.95 bits per heavy atom. The van der Waals surface area contributed by atoms with Gasteiger partial charge in [0.1, 0.15) is 5.82 Å². The molecule has 0 fully saturated rings. The van der Waals surface area contributed by atoms with Crippen molar-refractivity contribution in [2.75, 3.05) is 5.75 Å². The Morgan fingerprint density at radius 3 is 2.55 bits per heavy atom. The highest BCUT2D eigenvalue weighted by Crippen LogP contribution is 2.22. The third-order valence-electron chi connectivity index (χ3n) is 2.57. The summed E-state index contributed by atoms with van der Waals surface area (Å²) in [5, 5.41) is 12.1. The van der Waals surface area contributed by atoms with Gasteiger partial charge in [-0.25, -0.2) is 9.07 Å². The average Bonchev–Trinajstić information content (AvgIpc) is 2.85. The Bertz CT molecular complexity index is 604. The van der Waals surface area contributed by atoms with E-state index in [-0.39, 0.29) is 22.9 Å². The van der Waals surface area contributed by atoms with Gasteiger partial charge in [0.15, 0.2) is 5.78 Å². The molecule has 20 heavy (non-hydrogen) atoms. The molecule has 7 heteroatoms. The summed E-state index contributed by atoms with van der Waals surface area (Å²) >= 11 is 1.27. The molecule has 5 nitrogen and oxygen atoms in total. The number of Topliss-reactive ketones (excluding diaryl/α,β-unsaturated/α-hetero) is 1. The first kappa shape index (κ1) is 14.6. The quantitative estimate of drug-likeness (QED) is 0.640. The second-order valence-corrected chi connectivity index (χ2v) is 6.21. The Kier molecular flexibility index (Phi) is 4.17. The van der Waals surface area contributed by atoms with Crippen molar-refractivity contribution in [2.45, 2.75) is 31.5 Å². The number of ketones is 1. The largest absolute Gasteiger partial charge is 0.293 e. The molecule has 0 aliphatic rings. The molecule has 0 radical (unpaired) electrons. The van der Waals surface area contributed by atoms with Crippen molar-refractivity contribution in [2.24, 2.45) is 0 Å². The highest BCUT2D eigenvalue weighted by Gasteiger charge is 2.20. The Morgan fingerprint density at radius 1 is 1.30 bits per heavy atom. The highest BCUT2D eigenvalue weighted by atomic mass is 32.2. The number of hydrogen-bond acceptors (Lipinski definition) is 5. The molecule has 0 unspecified atom stereocenters. The summed E-state index contributed by atoms with van der Waals surface area (Å²) in [6, 6.07) is 5.50. The van der Waals surface area contributed by atoms with E-state index in [1.54, 1.807) is 4.68 Å². The van der Waals surface area contributed by atoms with Crippen LogP contribution in [-0.2, 0) is 5.54 Å². The van der Waals surface area contributed by atoms with Crippen molar-refractivity contribution >= 4 is 17.5 Å². The molecule has 1 aromatic heterocycles. The summed E-state index contributed by atoms with van der Waals surface area (Å²) in [7, 11) is 0. The molecule has 0 saturated carbocycles. The molecule has 1 heterocycles. The number of aromatic nitrogens is 4. The summed E-state index contributed by atoms with van der Waals surface area (Å²) < 4.78 is 14.5. The molecule has 106 valence electrons. The highest BCUT2D eigenvalue weighted by molar-refractivity contribution is 7.99. The number of benzene rings is 1. The summed E-state index contributed by atoms with van der Waals surface area (Å²) in [6.45, 7) is 5.94. The van der Waals surface area contributed by atoms with Gasteiger partial charge in [0.2, 0.25) is 5.16 Å². The van der Waals surface area contributed by atoms with Crippen LogP contribution in [0, 0.1) is 5.82 Å². The van der Waals surface area contributed by atoms with Crippen LogP contribution in [0.3, 0.4) is 0 Å². The van der Waals surface area contributed by atoms with E-state index >= 15 is 0 Å². The number of nitrogens with zero attached hydrogens (tertiary/aromatic N) is 4. The minimum absolute atomic E-state index is 0.0848. The lowest BCUT2D eigenvalue weighted by Crippen LogP contribution is -2.24. The van der Waals surface area contributed by atoms with Crippen molar-refractivity contribution in [3.05, 3.63) is 35.6 Å². The van der Waals surface area contributed by atoms with Gasteiger partial charge in [-0.1, -0.05) is 11.8 Å². The summed E-state index contributed by atoms with van der Waals surface area (Å²) in [4.78, 5) is 12.0. The van der Waals surface area contributed by atoms with E-state index in [0.717, 1.165) is 0 Å². The van der Waals surface area contributed by atoms with E-state index in [0.29, 0.717) is 10.7 Å². The van der Waals surface area contributed by atoms with Crippen molar-refractivity contribution in [1.82, 2.24) is 20.2 Å². The van der Waals surface area contributed by atoms with Crippen LogP contribution in [0.15, 0.2) is 29.4 Å². The number of carbonyl (C=O) groups is 1. The molecule has 0 N–H and O–H groups in total. The first-order chi connectivity index (χ1) is 9.38. The van der Waals surface area contributed by atoms with E-state index < -0.39 is 0 Å². The van der Waals surface area contributed by atoms with Gasteiger partial charge in [-0.2, -0.15) is 0 Å². The topological polar surface area (TPSA) is 60.7 Å². The van der Waals surface area contributed by atoms with Crippen LogP contribution in [0.5, 0.6) is 0 Å². The molecule has 0 amide bonds. The van der Waals surface area contributed by atoms with E-state index in [9.17, 15) is 9.18 Å². The number of rotatable bonds is 4. The van der Waals surface area contributed by atoms with Gasteiger partial charge in [0.05, 0.1) is 11.3 Å². The first-order valence-electron chi connectivity index (χ1n) is 6.08. The van der Waals surface area contributed by atoms with Crippen LogP contribution in [0.2, 0.25) is 0 Å². The fraction of sp³-hybridized carbons (Fsp3) is 0.385. The van der Waals surface area contributed by atoms with Crippen LogP contribution >= 0.6 is 11.8 Å². The zero-order valence-corrected chi connectivity index (χ0v) is 12.3. The molecule has 1 aromatic carbocycles. The normalized spacial score (nSPS) is 11.6. The van der Waals surface area contributed by atoms with Crippen molar-refractivity contribution in [1.29, 1.82) is 0 Å². The second kappa shape index (κ2) is 5.70. The van der Waals surface area contributed by atoms with Crippen LogP contribution < -0.4 is 0 Å². The maximum Gasteiger partial charge on any atom is 0.210 e. The maximum absolute atomic E-state index is 12.8. The number of thioether (sulfide) groups is 1. The lowest BCUT2D eigenvalue weighted by atomic mass is 10.1. The minimum Gasteiger partial charge on any atom is -0.293 e. The molecular weight excluding hydrogens is 279 g/mol. The van der Waals surface area contributed by atoms with Gasteiger partial charge >= 0.3 is 0 Å². The SMILES string of the molecule is CC(C)(C)n1nnnc1SCC(=O)c1ccc(F)cc1. The van der Waals surface area contributed by atoms with Crippen LogP contribution in [0.4, 0.5) is 4.39 Å². The summed E-state index contributed by atoms with van der Waals surface area (Å²) in [5.41, 5.74) is 0.235. The average molecular weight is 294 g/mol. The smallest absolute Gasteiger partial charge is 0.210 e. The standard InChI is InChI=1S/C13H15FN4OS/c1-13(2,3)18-12(15-16-17-18)20-8-11(19)9-4-6-10(14)7-5-9/h4-7H,8H2,1-3H3. The molecule has 0 atom stereocenters. The molecule has 0 aliphatic carbocycles. The Hall–Kier alpha value is -1.76. The van der Waals surface area contributed by atoms with E-state index in [2.05, 4.69) is 15.5 Å². The van der Waals surface area contributed by atoms with E-state index in [1.165, 1.54) is 36.0 Å². The fourth-order valence-electron chi connectivity index (χ4n) is 1.54. The minimum atomic E-state index is -0.356. The predicted molar refractivity (Wildman–Crippen MR) is 74.3 cm³/mol. The molecule has 0 saturated heterocycles. The van der Waals surface area contributed by atoms with Crippen LogP contribution in [-0.4, -0.2) is 31.7 Å². The molecule has 0 spiro atoms. The van der Waals surface area contributed by atoms with Gasteiger partial charge in [0, 0.05) is 5.56 Å². The van der Waals surface area contributed by atoms with Gasteiger partial charge in [-0.05, 0) is 55.5 Å². The molecule has 0 bridgehead atoms. The Balaban J connectivity index is 2.04. The van der Waals surface area contributed by atoms with Gasteiger partial charge in [-0.15, -0.1) is 5.10 Å². The van der Waals surface area contributed by atoms with E-state index in [4.69, 9.17) is 0 Å². The molecular formula is C13H15FN4OS. The first-order valence-corrected chi connectivity index (χ1v) is 7.07. The number of carbonyl (C=O) groups excluding carboxylic acids is 1. The number of halogens is 1. The maximum atomic E-state index is 12.8. The third-order valence-corrected chi connectivity index (χ3v) is 3.49. The third kappa shape index (κ3) is 3.41. The van der Waals surface area contributed by atoms with Crippen molar-refractivity contribution in [3.63, 3.8) is 0 Å². The van der Waals surface area contributed by atoms with Crippen LogP contribution in [0.25, 0.3) is 0 Å². The predicted octanol–water partition coefficient (Wildman–Crippen LogP) is 2.54. The van der Waals surface area contributed by atoms with Gasteiger partial charge in [0.25, 0.3) is 0 Å². The summed E-state index contributed by atoms with van der Waals surface area (Å²) in [5.74, 6) is -0.230. The van der Waals surface area contributed by atoms with Crippen molar-refractivity contribution < 1.29 is 9.18 Å². The summed E-state index contributed by atoms with van der Waals surface area (Å²) in [6.07, 6.45) is 0. The zero-order valence-electron chi connectivity index (χ0n) is 11.5. The monoisotopic (exact) mass is 294 g/mol. The van der Waals surface area contributed by atoms with Gasteiger partial charge in [-0.3, -0.25) is 4.79 Å². The Labute approximate surface area is 120 Å².